The third-order valence-corrected chi connectivity index (χ3v) is 3.36. The molecule has 1 nitrogen and oxygen atoms in total. The zero-order valence-electron chi connectivity index (χ0n) is 10.8. The largest absolute Gasteiger partial charge is 0.306 e. The van der Waals surface area contributed by atoms with E-state index in [1.54, 1.807) is 24.3 Å². The second-order valence-corrected chi connectivity index (χ2v) is 5.21. The van der Waals surface area contributed by atoms with Gasteiger partial charge < -0.3 is 5.32 Å². The number of hydrogen-bond acceptors (Lipinski definition) is 1. The van der Waals surface area contributed by atoms with Crippen LogP contribution in [0.2, 0.25) is 10.0 Å². The molecule has 1 unspecified atom stereocenters. The number of rotatable bonds is 4. The Hall–Kier alpha value is -1.16. The molecule has 0 saturated heterocycles. The molecule has 0 aliphatic heterocycles. The van der Waals surface area contributed by atoms with E-state index in [-0.39, 0.29) is 5.56 Å². The van der Waals surface area contributed by atoms with Crippen molar-refractivity contribution < 1.29 is 8.78 Å². The van der Waals surface area contributed by atoms with E-state index in [1.807, 2.05) is 6.92 Å². The minimum absolute atomic E-state index is 0.227. The fourth-order valence-corrected chi connectivity index (χ4v) is 2.64. The lowest BCUT2D eigenvalue weighted by Crippen LogP contribution is -2.23. The van der Waals surface area contributed by atoms with Crippen molar-refractivity contribution in [1.82, 2.24) is 5.32 Å². The summed E-state index contributed by atoms with van der Waals surface area (Å²) >= 11 is 11.9. The first kappa shape index (κ1) is 15.2. The fourth-order valence-electron chi connectivity index (χ4n) is 2.10. The van der Waals surface area contributed by atoms with Crippen LogP contribution in [0.3, 0.4) is 0 Å². The molecule has 0 spiro atoms. The molecule has 0 aromatic heterocycles. The molecule has 1 atom stereocenters. The number of nitrogens with one attached hydrogen (secondary N) is 1. The highest BCUT2D eigenvalue weighted by molar-refractivity contribution is 6.34. The molecule has 2 aromatic rings. The molecule has 0 aliphatic carbocycles. The molecular formula is C15H13Cl2F2N. The van der Waals surface area contributed by atoms with Gasteiger partial charge in [-0.3, -0.25) is 0 Å². The molecule has 1 N–H and O–H groups in total. The SMILES string of the molecule is CCNC(c1cc(Cl)cc(Cl)c1)c1cccc(F)c1F. The lowest BCUT2D eigenvalue weighted by Gasteiger charge is -2.20. The zero-order valence-corrected chi connectivity index (χ0v) is 12.3. The summed E-state index contributed by atoms with van der Waals surface area (Å²) in [5.74, 6) is -1.74. The van der Waals surface area contributed by atoms with Crippen molar-refractivity contribution in [3.63, 3.8) is 0 Å². The van der Waals surface area contributed by atoms with Crippen LogP contribution in [0.1, 0.15) is 24.1 Å². The van der Waals surface area contributed by atoms with Crippen LogP contribution >= 0.6 is 23.2 Å². The van der Waals surface area contributed by atoms with Gasteiger partial charge in [0.2, 0.25) is 0 Å². The summed E-state index contributed by atoms with van der Waals surface area (Å²) in [6, 6.07) is 8.57. The quantitative estimate of drug-likeness (QED) is 0.840. The standard InChI is InChI=1S/C15H13Cl2F2N/c1-2-20-15(9-6-10(16)8-11(17)7-9)12-4-3-5-13(18)14(12)19/h3-8,15,20H,2H2,1H3. The van der Waals surface area contributed by atoms with Gasteiger partial charge in [-0.1, -0.05) is 42.3 Å². The van der Waals surface area contributed by atoms with Crippen molar-refractivity contribution in [3.8, 4) is 0 Å². The van der Waals surface area contributed by atoms with E-state index < -0.39 is 17.7 Å². The van der Waals surface area contributed by atoms with Crippen LogP contribution < -0.4 is 5.32 Å². The van der Waals surface area contributed by atoms with Crippen LogP contribution in [-0.4, -0.2) is 6.54 Å². The van der Waals surface area contributed by atoms with Gasteiger partial charge >= 0.3 is 0 Å². The fraction of sp³-hybridized carbons (Fsp3) is 0.200. The van der Waals surface area contributed by atoms with Crippen molar-refractivity contribution in [1.29, 1.82) is 0 Å². The molecule has 0 heterocycles. The number of hydrogen-bond donors (Lipinski definition) is 1. The molecule has 0 radical (unpaired) electrons. The summed E-state index contributed by atoms with van der Waals surface area (Å²) in [7, 11) is 0. The van der Waals surface area contributed by atoms with Gasteiger partial charge in [-0.2, -0.15) is 0 Å². The van der Waals surface area contributed by atoms with Crippen LogP contribution in [0.15, 0.2) is 36.4 Å². The Morgan fingerprint density at radius 1 is 1.10 bits per heavy atom. The molecule has 0 bridgehead atoms. The molecule has 20 heavy (non-hydrogen) atoms. The average molecular weight is 316 g/mol. The number of halogens is 4. The molecular weight excluding hydrogens is 303 g/mol. The smallest absolute Gasteiger partial charge is 0.163 e. The lowest BCUT2D eigenvalue weighted by atomic mass is 9.98. The Morgan fingerprint density at radius 2 is 1.75 bits per heavy atom. The van der Waals surface area contributed by atoms with Crippen molar-refractivity contribution in [2.75, 3.05) is 6.54 Å². The first-order valence-electron chi connectivity index (χ1n) is 6.16. The highest BCUT2D eigenvalue weighted by Gasteiger charge is 2.20. The van der Waals surface area contributed by atoms with Gasteiger partial charge in [0.05, 0.1) is 6.04 Å². The molecule has 2 aromatic carbocycles. The normalized spacial score (nSPS) is 12.4. The van der Waals surface area contributed by atoms with E-state index in [0.29, 0.717) is 22.2 Å². The summed E-state index contributed by atoms with van der Waals surface area (Å²) in [5.41, 5.74) is 0.916. The molecule has 0 saturated carbocycles. The molecule has 5 heteroatoms. The van der Waals surface area contributed by atoms with Gasteiger partial charge in [-0.25, -0.2) is 8.78 Å². The Labute approximate surface area is 126 Å². The molecule has 2 rings (SSSR count). The highest BCUT2D eigenvalue weighted by atomic mass is 35.5. The third kappa shape index (κ3) is 3.29. The predicted molar refractivity (Wildman–Crippen MR) is 78.3 cm³/mol. The highest BCUT2D eigenvalue weighted by Crippen LogP contribution is 2.29. The Kier molecular flexibility index (Phi) is 4.97. The van der Waals surface area contributed by atoms with Gasteiger partial charge in [0, 0.05) is 15.6 Å². The predicted octanol–water partition coefficient (Wildman–Crippen LogP) is 4.97. The van der Waals surface area contributed by atoms with Gasteiger partial charge in [-0.15, -0.1) is 0 Å². The van der Waals surface area contributed by atoms with E-state index in [0.717, 1.165) is 6.07 Å². The van der Waals surface area contributed by atoms with Crippen molar-refractivity contribution >= 4 is 23.2 Å². The van der Waals surface area contributed by atoms with Crippen LogP contribution in [0.4, 0.5) is 8.78 Å². The topological polar surface area (TPSA) is 12.0 Å². The summed E-state index contributed by atoms with van der Waals surface area (Å²) < 4.78 is 27.4. The van der Waals surface area contributed by atoms with Crippen LogP contribution in [0.25, 0.3) is 0 Å². The minimum atomic E-state index is -0.876. The van der Waals surface area contributed by atoms with Gasteiger partial charge in [-0.05, 0) is 36.4 Å². The molecule has 0 fully saturated rings. The maximum Gasteiger partial charge on any atom is 0.163 e. The van der Waals surface area contributed by atoms with Gasteiger partial charge in [0.15, 0.2) is 11.6 Å². The molecule has 0 amide bonds. The summed E-state index contributed by atoms with van der Waals surface area (Å²) in [6.45, 7) is 2.47. The van der Waals surface area contributed by atoms with Crippen LogP contribution in [0.5, 0.6) is 0 Å². The minimum Gasteiger partial charge on any atom is -0.306 e. The van der Waals surface area contributed by atoms with Crippen molar-refractivity contribution in [2.24, 2.45) is 0 Å². The Balaban J connectivity index is 2.53. The average Bonchev–Trinajstić information content (AvgIpc) is 2.38. The third-order valence-electron chi connectivity index (χ3n) is 2.92. The van der Waals surface area contributed by atoms with Crippen molar-refractivity contribution in [3.05, 3.63) is 69.2 Å². The van der Waals surface area contributed by atoms with Crippen LogP contribution in [0, 0.1) is 11.6 Å². The number of benzene rings is 2. The van der Waals surface area contributed by atoms with E-state index in [1.165, 1.54) is 6.07 Å². The Morgan fingerprint density at radius 3 is 2.35 bits per heavy atom. The molecule has 106 valence electrons. The first-order chi connectivity index (χ1) is 9.52. The summed E-state index contributed by atoms with van der Waals surface area (Å²) in [6.07, 6.45) is 0. The van der Waals surface area contributed by atoms with E-state index in [9.17, 15) is 8.78 Å². The Bertz CT molecular complexity index is 597. The summed E-state index contributed by atoms with van der Waals surface area (Å²) in [5, 5.41) is 4.02. The van der Waals surface area contributed by atoms with Crippen molar-refractivity contribution in [2.45, 2.75) is 13.0 Å². The van der Waals surface area contributed by atoms with E-state index >= 15 is 0 Å². The maximum atomic E-state index is 14.0. The molecule has 0 aliphatic rings. The van der Waals surface area contributed by atoms with E-state index in [4.69, 9.17) is 23.2 Å². The lowest BCUT2D eigenvalue weighted by molar-refractivity contribution is 0.483. The zero-order chi connectivity index (χ0) is 14.7. The van der Waals surface area contributed by atoms with Crippen LogP contribution in [-0.2, 0) is 0 Å². The van der Waals surface area contributed by atoms with Gasteiger partial charge in [0.1, 0.15) is 0 Å². The summed E-state index contributed by atoms with van der Waals surface area (Å²) in [4.78, 5) is 0. The first-order valence-corrected chi connectivity index (χ1v) is 6.91. The van der Waals surface area contributed by atoms with Gasteiger partial charge in [0.25, 0.3) is 0 Å². The second kappa shape index (κ2) is 6.53. The van der Waals surface area contributed by atoms with E-state index in [2.05, 4.69) is 5.32 Å². The second-order valence-electron chi connectivity index (χ2n) is 4.34. The monoisotopic (exact) mass is 315 g/mol. The maximum absolute atomic E-state index is 14.0.